The van der Waals surface area contributed by atoms with Crippen LogP contribution in [-0.4, -0.2) is 49.8 Å². The van der Waals surface area contributed by atoms with Gasteiger partial charge in [-0.15, -0.1) is 0 Å². The maximum Gasteiger partial charge on any atom is 0.408 e. The van der Waals surface area contributed by atoms with E-state index in [1.807, 2.05) is 39.0 Å². The lowest BCUT2D eigenvalue weighted by atomic mass is 9.75. The average molecular weight is 500 g/mol. The molecular weight excluding hydrogens is 458 g/mol. The number of nitrogens with zero attached hydrogens (tertiary/aromatic N) is 1. The number of hydrogen-bond donors (Lipinski definition) is 2. The number of ether oxygens (including phenoxy) is 2. The third-order valence-electron chi connectivity index (χ3n) is 7.78. The van der Waals surface area contributed by atoms with E-state index < -0.39 is 23.2 Å². The number of fused-ring (bicyclic) bond motifs is 2. The van der Waals surface area contributed by atoms with E-state index >= 15 is 0 Å². The normalized spacial score (nSPS) is 21.3. The average Bonchev–Trinajstić information content (AvgIpc) is 2.99. The van der Waals surface area contributed by atoms with Crippen molar-refractivity contribution in [1.82, 2.24) is 5.32 Å². The van der Waals surface area contributed by atoms with Crippen molar-refractivity contribution in [3.05, 3.63) is 23.8 Å². The summed E-state index contributed by atoms with van der Waals surface area (Å²) in [5.41, 5.74) is 1.25. The molecule has 1 aromatic rings. The van der Waals surface area contributed by atoms with Crippen LogP contribution in [0.2, 0.25) is 0 Å². The fourth-order valence-corrected chi connectivity index (χ4v) is 5.91. The fraction of sp³-hybridized carbons (Fsp3) is 0.679. The van der Waals surface area contributed by atoms with Crippen LogP contribution in [0.1, 0.15) is 84.1 Å². The molecule has 1 aliphatic carbocycles. The first-order chi connectivity index (χ1) is 17.1. The van der Waals surface area contributed by atoms with E-state index in [4.69, 9.17) is 9.47 Å². The predicted octanol–water partition coefficient (Wildman–Crippen LogP) is 4.90. The van der Waals surface area contributed by atoms with Gasteiger partial charge in [0.2, 0.25) is 11.8 Å². The van der Waals surface area contributed by atoms with Crippen LogP contribution in [0.5, 0.6) is 0 Å². The maximum atomic E-state index is 13.6. The molecule has 0 aromatic heterocycles. The Morgan fingerprint density at radius 2 is 1.72 bits per heavy atom. The second-order valence-electron chi connectivity index (χ2n) is 11.5. The number of nitrogens with one attached hydrogen (secondary N) is 2. The molecule has 3 amide bonds. The van der Waals surface area contributed by atoms with Gasteiger partial charge in [0.15, 0.2) is 0 Å². The van der Waals surface area contributed by atoms with E-state index in [1.165, 1.54) is 6.42 Å². The molecule has 1 saturated carbocycles. The Morgan fingerprint density at radius 1 is 1.08 bits per heavy atom. The van der Waals surface area contributed by atoms with E-state index in [1.54, 1.807) is 11.9 Å². The van der Waals surface area contributed by atoms with E-state index in [2.05, 4.69) is 10.6 Å². The number of likely N-dealkylation sites (N-methyl/N-ethyl adjacent to an activating group) is 1. The molecule has 1 aromatic carbocycles. The lowest BCUT2D eigenvalue weighted by molar-refractivity contribution is -0.126. The van der Waals surface area contributed by atoms with Crippen molar-refractivity contribution in [2.24, 2.45) is 5.92 Å². The van der Waals surface area contributed by atoms with Crippen LogP contribution in [0.4, 0.5) is 16.2 Å². The standard InChI is InChI=1S/C28H41N3O5/c1-27(2,3)36-26(34)30-23(19-10-8-6-5-7-9-11-19)24(32)29-20-12-13-21-22(18-20)31(4)25(33)28(21)14-16-35-17-15-28/h12-13,18-19,23H,5-11,14-17H2,1-4H3,(H,29,32)(H,30,34). The molecule has 1 atom stereocenters. The number of hydrogen-bond acceptors (Lipinski definition) is 5. The van der Waals surface area contributed by atoms with Gasteiger partial charge in [-0.25, -0.2) is 4.79 Å². The molecule has 2 N–H and O–H groups in total. The van der Waals surface area contributed by atoms with Crippen molar-refractivity contribution >= 4 is 29.3 Å². The second-order valence-corrected chi connectivity index (χ2v) is 11.5. The van der Waals surface area contributed by atoms with Crippen LogP contribution in [0.25, 0.3) is 0 Å². The van der Waals surface area contributed by atoms with Gasteiger partial charge in [0, 0.05) is 31.6 Å². The highest BCUT2D eigenvalue weighted by atomic mass is 16.6. The van der Waals surface area contributed by atoms with E-state index in [-0.39, 0.29) is 17.7 Å². The number of amides is 3. The molecule has 2 fully saturated rings. The number of benzene rings is 1. The minimum Gasteiger partial charge on any atom is -0.444 e. The Morgan fingerprint density at radius 3 is 2.36 bits per heavy atom. The summed E-state index contributed by atoms with van der Waals surface area (Å²) in [5, 5.41) is 5.90. The van der Waals surface area contributed by atoms with E-state index in [0.29, 0.717) is 31.7 Å². The van der Waals surface area contributed by atoms with Crippen molar-refractivity contribution in [3.63, 3.8) is 0 Å². The minimum atomic E-state index is -0.688. The molecule has 2 heterocycles. The second kappa shape index (κ2) is 10.8. The zero-order valence-electron chi connectivity index (χ0n) is 22.2. The van der Waals surface area contributed by atoms with Gasteiger partial charge in [0.25, 0.3) is 0 Å². The molecule has 8 nitrogen and oxygen atoms in total. The molecule has 0 radical (unpaired) electrons. The van der Waals surface area contributed by atoms with Crippen LogP contribution < -0.4 is 15.5 Å². The Kier molecular flexibility index (Phi) is 7.93. The molecule has 36 heavy (non-hydrogen) atoms. The summed E-state index contributed by atoms with van der Waals surface area (Å²) in [5.74, 6) is -0.121. The smallest absolute Gasteiger partial charge is 0.408 e. The Bertz CT molecular complexity index is 972. The van der Waals surface area contributed by atoms with Crippen molar-refractivity contribution < 1.29 is 23.9 Å². The highest BCUT2D eigenvalue weighted by molar-refractivity contribution is 6.09. The Labute approximate surface area is 214 Å². The molecule has 0 bridgehead atoms. The molecule has 1 saturated heterocycles. The van der Waals surface area contributed by atoms with Gasteiger partial charge < -0.3 is 25.0 Å². The summed E-state index contributed by atoms with van der Waals surface area (Å²) < 4.78 is 11.0. The number of anilines is 2. The van der Waals surface area contributed by atoms with Crippen molar-refractivity contribution in [2.45, 2.75) is 95.6 Å². The van der Waals surface area contributed by atoms with Gasteiger partial charge >= 0.3 is 6.09 Å². The molecule has 3 aliphatic rings. The van der Waals surface area contributed by atoms with E-state index in [0.717, 1.165) is 49.8 Å². The number of rotatable bonds is 4. The van der Waals surface area contributed by atoms with Gasteiger partial charge in [-0.2, -0.15) is 0 Å². The quantitative estimate of drug-likeness (QED) is 0.614. The molecule has 198 valence electrons. The summed E-state index contributed by atoms with van der Waals surface area (Å²) >= 11 is 0. The van der Waals surface area contributed by atoms with Gasteiger partial charge in [0.05, 0.1) is 5.41 Å². The highest BCUT2D eigenvalue weighted by Gasteiger charge is 2.50. The van der Waals surface area contributed by atoms with Gasteiger partial charge in [0.1, 0.15) is 11.6 Å². The third-order valence-corrected chi connectivity index (χ3v) is 7.78. The molecular formula is C28H41N3O5. The van der Waals surface area contributed by atoms with Crippen molar-refractivity contribution in [2.75, 3.05) is 30.5 Å². The lowest BCUT2D eigenvalue weighted by Gasteiger charge is -2.32. The highest BCUT2D eigenvalue weighted by Crippen LogP contribution is 2.47. The summed E-state index contributed by atoms with van der Waals surface area (Å²) in [7, 11) is 1.79. The van der Waals surface area contributed by atoms with Crippen LogP contribution in [-0.2, 0) is 24.5 Å². The molecule has 1 spiro atoms. The SMILES string of the molecule is CN1C(=O)C2(CCOCC2)c2ccc(NC(=O)C(NC(=O)OC(C)(C)C)C3CCCCCCC3)cc21. The largest absolute Gasteiger partial charge is 0.444 e. The Hall–Kier alpha value is -2.61. The van der Waals surface area contributed by atoms with Crippen LogP contribution in [0, 0.1) is 5.92 Å². The first-order valence-electron chi connectivity index (χ1n) is 13.4. The number of carbonyl (C=O) groups excluding carboxylic acids is 3. The zero-order chi connectivity index (χ0) is 25.9. The summed E-state index contributed by atoms with van der Waals surface area (Å²) in [6.45, 7) is 6.56. The van der Waals surface area contributed by atoms with Crippen molar-refractivity contribution in [1.29, 1.82) is 0 Å². The lowest BCUT2D eigenvalue weighted by Crippen LogP contribution is -2.50. The number of alkyl carbamates (subject to hydrolysis) is 1. The molecule has 8 heteroatoms. The molecule has 4 rings (SSSR count). The van der Waals surface area contributed by atoms with Crippen LogP contribution >= 0.6 is 0 Å². The minimum absolute atomic E-state index is 0.0435. The fourth-order valence-electron chi connectivity index (χ4n) is 5.91. The predicted molar refractivity (Wildman–Crippen MR) is 139 cm³/mol. The van der Waals surface area contributed by atoms with Gasteiger partial charge in [-0.05, 0) is 70.1 Å². The van der Waals surface area contributed by atoms with Gasteiger partial charge in [-0.3, -0.25) is 9.59 Å². The topological polar surface area (TPSA) is 97.0 Å². The van der Waals surface area contributed by atoms with Crippen molar-refractivity contribution in [3.8, 4) is 0 Å². The zero-order valence-corrected chi connectivity index (χ0v) is 22.2. The van der Waals surface area contributed by atoms with Gasteiger partial charge in [-0.1, -0.05) is 38.2 Å². The third kappa shape index (κ3) is 5.69. The Balaban J connectivity index is 1.54. The van der Waals surface area contributed by atoms with E-state index in [9.17, 15) is 14.4 Å². The summed E-state index contributed by atoms with van der Waals surface area (Å²) in [6, 6.07) is 5.01. The van der Waals surface area contributed by atoms with Crippen LogP contribution in [0.3, 0.4) is 0 Å². The summed E-state index contributed by atoms with van der Waals surface area (Å²) in [4.78, 5) is 41.1. The maximum absolute atomic E-state index is 13.6. The van der Waals surface area contributed by atoms with Crippen LogP contribution in [0.15, 0.2) is 18.2 Å². The molecule has 1 unspecified atom stereocenters. The first kappa shape index (κ1) is 26.5. The molecule has 2 aliphatic heterocycles. The number of carbonyl (C=O) groups is 3. The monoisotopic (exact) mass is 499 g/mol. The first-order valence-corrected chi connectivity index (χ1v) is 13.4. The summed E-state index contributed by atoms with van der Waals surface area (Å²) in [6.07, 6.45) is 8.13.